The average molecular weight is 404 g/mol. The van der Waals surface area contributed by atoms with Gasteiger partial charge in [0.1, 0.15) is 0 Å². The smallest absolute Gasteiger partial charge is 0.283 e. The van der Waals surface area contributed by atoms with Crippen LogP contribution in [0.15, 0.2) is 75.1 Å². The molecule has 0 aliphatic rings. The fourth-order valence-electron chi connectivity index (χ4n) is 2.96. The van der Waals surface area contributed by atoms with E-state index in [1.165, 1.54) is 11.3 Å². The molecule has 146 valence electrons. The van der Waals surface area contributed by atoms with Gasteiger partial charge in [-0.2, -0.15) is 5.10 Å². The lowest BCUT2D eigenvalue weighted by atomic mass is 10.3. The summed E-state index contributed by atoms with van der Waals surface area (Å²) in [7, 11) is 1.86. The number of pyridine rings is 1. The molecule has 4 rings (SSSR count). The van der Waals surface area contributed by atoms with E-state index in [2.05, 4.69) is 15.1 Å². The molecular weight excluding hydrogens is 384 g/mol. The van der Waals surface area contributed by atoms with E-state index in [-0.39, 0.29) is 5.56 Å². The van der Waals surface area contributed by atoms with Crippen LogP contribution in [-0.4, -0.2) is 25.2 Å². The standard InChI is InChI=1S/C21H20N6OS/c1-15-14-29-21(26(15)23-13-17-8-7-11-22-12-17)24-19-16(2)25(3)27(20(19)28)18-9-5-4-6-10-18/h4-14H,1-3H3. The second-order valence-corrected chi connectivity index (χ2v) is 7.36. The van der Waals surface area contributed by atoms with E-state index >= 15 is 0 Å². The summed E-state index contributed by atoms with van der Waals surface area (Å²) in [5.41, 5.74) is 3.65. The predicted molar refractivity (Wildman–Crippen MR) is 115 cm³/mol. The van der Waals surface area contributed by atoms with Crippen molar-refractivity contribution in [1.82, 2.24) is 19.0 Å². The molecule has 0 spiro atoms. The van der Waals surface area contributed by atoms with Crippen LogP contribution in [0.1, 0.15) is 17.0 Å². The number of hydrogen-bond donors (Lipinski definition) is 0. The van der Waals surface area contributed by atoms with Crippen LogP contribution < -0.4 is 10.4 Å². The SMILES string of the molecule is Cc1csc(=Nc2c(C)n(C)n(-c3ccccc3)c2=O)n1N=Cc1cccnc1. The third-order valence-electron chi connectivity index (χ3n) is 4.59. The van der Waals surface area contributed by atoms with Gasteiger partial charge in [0.05, 0.1) is 23.3 Å². The van der Waals surface area contributed by atoms with Gasteiger partial charge in [-0.15, -0.1) is 11.3 Å². The van der Waals surface area contributed by atoms with E-state index in [4.69, 9.17) is 0 Å². The Bertz CT molecular complexity index is 1290. The Morgan fingerprint density at radius 3 is 2.62 bits per heavy atom. The number of nitrogens with zero attached hydrogens (tertiary/aromatic N) is 6. The zero-order valence-corrected chi connectivity index (χ0v) is 17.2. The Morgan fingerprint density at radius 2 is 1.90 bits per heavy atom. The second-order valence-electron chi connectivity index (χ2n) is 6.52. The normalized spacial score (nSPS) is 12.2. The van der Waals surface area contributed by atoms with Gasteiger partial charge in [-0.05, 0) is 32.0 Å². The monoisotopic (exact) mass is 404 g/mol. The number of aryl methyl sites for hydroxylation is 1. The van der Waals surface area contributed by atoms with Gasteiger partial charge >= 0.3 is 0 Å². The van der Waals surface area contributed by atoms with E-state index < -0.39 is 0 Å². The summed E-state index contributed by atoms with van der Waals surface area (Å²) in [5, 5.41) is 6.50. The molecule has 0 fully saturated rings. The first-order valence-electron chi connectivity index (χ1n) is 9.06. The van der Waals surface area contributed by atoms with Crippen molar-refractivity contribution in [3.8, 4) is 5.69 Å². The summed E-state index contributed by atoms with van der Waals surface area (Å²) in [4.78, 5) is 22.5. The molecular formula is C21H20N6OS. The van der Waals surface area contributed by atoms with E-state index in [0.29, 0.717) is 10.5 Å². The maximum Gasteiger partial charge on any atom is 0.297 e. The molecule has 1 aromatic carbocycles. The first-order valence-corrected chi connectivity index (χ1v) is 9.94. The summed E-state index contributed by atoms with van der Waals surface area (Å²) in [6.45, 7) is 3.85. The van der Waals surface area contributed by atoms with Crippen LogP contribution in [0.4, 0.5) is 5.69 Å². The van der Waals surface area contributed by atoms with Crippen LogP contribution in [-0.2, 0) is 7.05 Å². The summed E-state index contributed by atoms with van der Waals surface area (Å²) in [6, 6.07) is 13.3. The zero-order chi connectivity index (χ0) is 20.4. The molecule has 0 bridgehead atoms. The Hall–Kier alpha value is -3.52. The van der Waals surface area contributed by atoms with Gasteiger partial charge in [0.2, 0.25) is 4.80 Å². The van der Waals surface area contributed by atoms with Crippen molar-refractivity contribution in [2.24, 2.45) is 17.1 Å². The van der Waals surface area contributed by atoms with E-state index in [1.807, 2.05) is 73.4 Å². The summed E-state index contributed by atoms with van der Waals surface area (Å²) in [5.74, 6) is 0. The number of rotatable bonds is 4. The van der Waals surface area contributed by atoms with Crippen molar-refractivity contribution in [1.29, 1.82) is 0 Å². The molecule has 0 N–H and O–H groups in total. The van der Waals surface area contributed by atoms with E-state index in [1.54, 1.807) is 28.0 Å². The molecule has 3 aromatic heterocycles. The van der Waals surface area contributed by atoms with Gasteiger partial charge in [-0.1, -0.05) is 24.3 Å². The van der Waals surface area contributed by atoms with E-state index in [9.17, 15) is 4.79 Å². The number of hydrogen-bond acceptors (Lipinski definition) is 5. The first-order chi connectivity index (χ1) is 14.1. The molecule has 4 aromatic rings. The average Bonchev–Trinajstić information content (AvgIpc) is 3.20. The molecule has 0 aliphatic carbocycles. The van der Waals surface area contributed by atoms with Crippen molar-refractivity contribution in [2.75, 3.05) is 0 Å². The Kier molecular flexibility index (Phi) is 5.09. The Balaban J connectivity index is 1.83. The number of para-hydroxylation sites is 1. The highest BCUT2D eigenvalue weighted by Crippen LogP contribution is 2.16. The lowest BCUT2D eigenvalue weighted by molar-refractivity contribution is 0.630. The highest BCUT2D eigenvalue weighted by Gasteiger charge is 2.16. The molecule has 3 heterocycles. The molecule has 0 saturated heterocycles. The molecule has 0 aliphatic heterocycles. The highest BCUT2D eigenvalue weighted by molar-refractivity contribution is 7.07. The lowest BCUT2D eigenvalue weighted by Gasteiger charge is -2.07. The van der Waals surface area contributed by atoms with Gasteiger partial charge in [-0.3, -0.25) is 14.5 Å². The van der Waals surface area contributed by atoms with Crippen molar-refractivity contribution in [3.63, 3.8) is 0 Å². The van der Waals surface area contributed by atoms with Gasteiger partial charge < -0.3 is 0 Å². The molecule has 0 atom stereocenters. The predicted octanol–water partition coefficient (Wildman–Crippen LogP) is 3.17. The molecule has 0 unspecified atom stereocenters. The maximum absolute atomic E-state index is 13.1. The first kappa shape index (κ1) is 18.8. The fraction of sp³-hybridized carbons (Fsp3) is 0.143. The number of thiazole rings is 1. The second kappa shape index (κ2) is 7.84. The van der Waals surface area contributed by atoms with Crippen LogP contribution in [0.25, 0.3) is 5.69 Å². The highest BCUT2D eigenvalue weighted by atomic mass is 32.1. The lowest BCUT2D eigenvalue weighted by Crippen LogP contribution is -2.19. The summed E-state index contributed by atoms with van der Waals surface area (Å²) >= 11 is 1.44. The summed E-state index contributed by atoms with van der Waals surface area (Å²) in [6.07, 6.45) is 5.19. The van der Waals surface area contributed by atoms with Gasteiger partial charge in [0.15, 0.2) is 5.69 Å². The minimum absolute atomic E-state index is 0.162. The molecule has 0 amide bonds. The molecule has 0 saturated carbocycles. The van der Waals surface area contributed by atoms with Gasteiger partial charge in [0.25, 0.3) is 5.56 Å². The fourth-order valence-corrected chi connectivity index (χ4v) is 3.77. The van der Waals surface area contributed by atoms with E-state index in [0.717, 1.165) is 22.6 Å². The maximum atomic E-state index is 13.1. The third kappa shape index (κ3) is 3.62. The van der Waals surface area contributed by atoms with Gasteiger partial charge in [0, 0.05) is 30.4 Å². The number of aromatic nitrogens is 4. The van der Waals surface area contributed by atoms with Crippen LogP contribution in [0.3, 0.4) is 0 Å². The molecule has 8 heteroatoms. The zero-order valence-electron chi connectivity index (χ0n) is 16.4. The topological polar surface area (TPSA) is 69.5 Å². The molecule has 0 radical (unpaired) electrons. The number of benzene rings is 1. The third-order valence-corrected chi connectivity index (χ3v) is 5.52. The van der Waals surface area contributed by atoms with Crippen LogP contribution >= 0.6 is 11.3 Å². The van der Waals surface area contributed by atoms with Crippen molar-refractivity contribution in [3.05, 3.63) is 92.3 Å². The molecule has 7 nitrogen and oxygen atoms in total. The van der Waals surface area contributed by atoms with Crippen molar-refractivity contribution >= 4 is 23.2 Å². The van der Waals surface area contributed by atoms with Crippen molar-refractivity contribution in [2.45, 2.75) is 13.8 Å². The van der Waals surface area contributed by atoms with Crippen LogP contribution in [0.5, 0.6) is 0 Å². The molecule has 29 heavy (non-hydrogen) atoms. The minimum Gasteiger partial charge on any atom is -0.283 e. The largest absolute Gasteiger partial charge is 0.297 e. The Morgan fingerprint density at radius 1 is 1.10 bits per heavy atom. The van der Waals surface area contributed by atoms with Crippen molar-refractivity contribution < 1.29 is 0 Å². The van der Waals surface area contributed by atoms with Crippen LogP contribution in [0.2, 0.25) is 0 Å². The minimum atomic E-state index is -0.162. The van der Waals surface area contributed by atoms with Crippen LogP contribution in [0, 0.1) is 13.8 Å². The summed E-state index contributed by atoms with van der Waals surface area (Å²) < 4.78 is 5.18. The quantitative estimate of drug-likeness (QED) is 0.490. The Labute approximate surface area is 171 Å². The van der Waals surface area contributed by atoms with Gasteiger partial charge in [-0.25, -0.2) is 14.4 Å².